The zero-order chi connectivity index (χ0) is 19.9. The summed E-state index contributed by atoms with van der Waals surface area (Å²) in [5.41, 5.74) is 9.50. The van der Waals surface area contributed by atoms with Crippen LogP contribution in [-0.4, -0.2) is 36.7 Å². The Kier molecular flexibility index (Phi) is 6.44. The molecule has 4 N–H and O–H groups in total. The minimum absolute atomic E-state index is 0.368. The first kappa shape index (κ1) is 19.6. The molecule has 0 saturated carbocycles. The summed E-state index contributed by atoms with van der Waals surface area (Å²) in [7, 11) is 0. The number of hydrogen-bond donors (Lipinski definition) is 3. The summed E-state index contributed by atoms with van der Waals surface area (Å²) in [6.07, 6.45) is 3.58. The zero-order valence-electron chi connectivity index (χ0n) is 15.7. The van der Waals surface area contributed by atoms with Gasteiger partial charge in [0.25, 0.3) is 0 Å². The van der Waals surface area contributed by atoms with Crippen molar-refractivity contribution in [3.8, 4) is 11.3 Å². The van der Waals surface area contributed by atoms with Crippen LogP contribution in [-0.2, 0) is 17.8 Å². The molecule has 0 spiro atoms. The first-order chi connectivity index (χ1) is 13.6. The van der Waals surface area contributed by atoms with Crippen molar-refractivity contribution in [2.24, 2.45) is 11.7 Å². The number of rotatable bonds is 9. The van der Waals surface area contributed by atoms with E-state index in [1.54, 1.807) is 6.20 Å². The van der Waals surface area contributed by atoms with Crippen LogP contribution in [0.15, 0.2) is 42.6 Å². The van der Waals surface area contributed by atoms with Crippen molar-refractivity contribution in [1.29, 1.82) is 0 Å². The smallest absolute Gasteiger partial charge is 0.307 e. The van der Waals surface area contributed by atoms with E-state index < -0.39 is 11.9 Å². The summed E-state index contributed by atoms with van der Waals surface area (Å²) < 4.78 is 0. The Bertz CT molecular complexity index is 878. The maximum Gasteiger partial charge on any atom is 0.307 e. The van der Waals surface area contributed by atoms with Crippen molar-refractivity contribution in [3.63, 3.8) is 0 Å². The number of aliphatic carboxylic acids is 1. The number of aromatic amines is 1. The van der Waals surface area contributed by atoms with Gasteiger partial charge in [0.05, 0.1) is 11.6 Å². The van der Waals surface area contributed by atoms with Crippen molar-refractivity contribution in [1.82, 2.24) is 25.6 Å². The highest BCUT2D eigenvalue weighted by molar-refractivity contribution is 5.71. The molecule has 1 aromatic carbocycles. The van der Waals surface area contributed by atoms with E-state index >= 15 is 0 Å². The fourth-order valence-corrected chi connectivity index (χ4v) is 3.33. The Balaban J connectivity index is 1.81. The van der Waals surface area contributed by atoms with Crippen LogP contribution in [0.25, 0.3) is 11.3 Å². The molecule has 8 heteroatoms. The number of tetrazole rings is 1. The molecular weight excluding hydrogens is 356 g/mol. The number of carboxylic acids is 1. The van der Waals surface area contributed by atoms with Gasteiger partial charge in [-0.2, -0.15) is 5.21 Å². The van der Waals surface area contributed by atoms with Gasteiger partial charge in [-0.25, -0.2) is 0 Å². The van der Waals surface area contributed by atoms with Gasteiger partial charge < -0.3 is 10.8 Å². The lowest BCUT2D eigenvalue weighted by Gasteiger charge is -2.21. The monoisotopic (exact) mass is 380 g/mol. The van der Waals surface area contributed by atoms with Gasteiger partial charge in [0.15, 0.2) is 5.82 Å². The third-order valence-corrected chi connectivity index (χ3v) is 4.86. The molecule has 0 bridgehead atoms. The molecular formula is C20H24N6O2. The van der Waals surface area contributed by atoms with Crippen LogP contribution < -0.4 is 5.73 Å². The third kappa shape index (κ3) is 4.58. The Morgan fingerprint density at radius 2 is 1.93 bits per heavy atom. The summed E-state index contributed by atoms with van der Waals surface area (Å²) in [4.78, 5) is 16.3. The van der Waals surface area contributed by atoms with E-state index in [1.807, 2.05) is 43.3 Å². The number of nitrogens with zero attached hydrogens (tertiary/aromatic N) is 4. The van der Waals surface area contributed by atoms with Gasteiger partial charge >= 0.3 is 5.97 Å². The lowest BCUT2D eigenvalue weighted by atomic mass is 9.83. The number of carboxylic acid groups (broad SMARTS) is 1. The Morgan fingerprint density at radius 1 is 1.18 bits per heavy atom. The number of pyridine rings is 1. The van der Waals surface area contributed by atoms with E-state index in [4.69, 9.17) is 5.73 Å². The molecule has 2 atom stereocenters. The quantitative estimate of drug-likeness (QED) is 0.520. The van der Waals surface area contributed by atoms with Crippen LogP contribution in [0.3, 0.4) is 0 Å². The minimum Gasteiger partial charge on any atom is -0.481 e. The number of hydrogen-bond acceptors (Lipinski definition) is 6. The second-order valence-corrected chi connectivity index (χ2v) is 6.77. The van der Waals surface area contributed by atoms with E-state index in [-0.39, 0.29) is 5.92 Å². The molecule has 146 valence electrons. The normalized spacial score (nSPS) is 13.2. The molecule has 0 aliphatic carbocycles. The topological polar surface area (TPSA) is 131 Å². The van der Waals surface area contributed by atoms with E-state index in [1.165, 1.54) is 0 Å². The van der Waals surface area contributed by atoms with Crippen LogP contribution in [0.1, 0.15) is 42.6 Å². The van der Waals surface area contributed by atoms with Crippen LogP contribution in [0.2, 0.25) is 0 Å². The predicted octanol–water partition coefficient (Wildman–Crippen LogP) is 2.55. The number of nitrogens with two attached hydrogens (primary N) is 1. The second kappa shape index (κ2) is 9.18. The van der Waals surface area contributed by atoms with Gasteiger partial charge in [-0.3, -0.25) is 9.78 Å². The highest BCUT2D eigenvalue weighted by Gasteiger charge is 2.32. The number of benzene rings is 1. The predicted molar refractivity (Wildman–Crippen MR) is 104 cm³/mol. The second-order valence-electron chi connectivity index (χ2n) is 6.77. The van der Waals surface area contributed by atoms with Gasteiger partial charge in [-0.05, 0) is 30.0 Å². The molecule has 8 nitrogen and oxygen atoms in total. The van der Waals surface area contributed by atoms with Crippen LogP contribution in [0.5, 0.6) is 0 Å². The summed E-state index contributed by atoms with van der Waals surface area (Å²) in [6.45, 7) is 2.47. The number of carbonyl (C=O) groups is 1. The maximum absolute atomic E-state index is 11.8. The molecule has 0 radical (unpaired) electrons. The van der Waals surface area contributed by atoms with Gasteiger partial charge in [0.1, 0.15) is 0 Å². The molecule has 3 aromatic rings. The van der Waals surface area contributed by atoms with Crippen LogP contribution >= 0.6 is 0 Å². The highest BCUT2D eigenvalue weighted by Crippen LogP contribution is 2.30. The van der Waals surface area contributed by atoms with Crippen molar-refractivity contribution < 1.29 is 9.90 Å². The number of aromatic nitrogens is 5. The summed E-state index contributed by atoms with van der Waals surface area (Å²) in [6, 6.07) is 11.9. The highest BCUT2D eigenvalue weighted by atomic mass is 16.4. The van der Waals surface area contributed by atoms with Crippen molar-refractivity contribution in [2.75, 3.05) is 0 Å². The largest absolute Gasteiger partial charge is 0.481 e. The summed E-state index contributed by atoms with van der Waals surface area (Å²) in [5, 5.41) is 23.8. The molecule has 0 fully saturated rings. The molecule has 3 rings (SSSR count). The Labute approximate surface area is 163 Å². The van der Waals surface area contributed by atoms with E-state index in [9.17, 15) is 9.90 Å². The molecule has 0 unspecified atom stereocenters. The number of nitrogens with one attached hydrogen (secondary N) is 1. The SMILES string of the molecule is CCC[C@H](C(=O)O)[C@H](Cc1ccc(-c2ccc(CN)cc2)nc1)c1nn[nH]n1. The lowest BCUT2D eigenvalue weighted by molar-refractivity contribution is -0.142. The molecule has 0 aliphatic heterocycles. The first-order valence-electron chi connectivity index (χ1n) is 9.32. The van der Waals surface area contributed by atoms with Crippen molar-refractivity contribution >= 4 is 5.97 Å². The maximum atomic E-state index is 11.8. The van der Waals surface area contributed by atoms with E-state index in [2.05, 4.69) is 25.6 Å². The summed E-state index contributed by atoms with van der Waals surface area (Å²) >= 11 is 0. The van der Waals surface area contributed by atoms with Crippen molar-refractivity contribution in [3.05, 3.63) is 59.5 Å². The molecule has 2 heterocycles. The van der Waals surface area contributed by atoms with Gasteiger partial charge in [0, 0.05) is 24.2 Å². The van der Waals surface area contributed by atoms with Gasteiger partial charge in [0.2, 0.25) is 0 Å². The molecule has 28 heavy (non-hydrogen) atoms. The average molecular weight is 380 g/mol. The fraction of sp³-hybridized carbons (Fsp3) is 0.350. The molecule has 0 amide bonds. The first-order valence-corrected chi connectivity index (χ1v) is 9.32. The van der Waals surface area contributed by atoms with Crippen molar-refractivity contribution in [2.45, 2.75) is 38.6 Å². The fourth-order valence-electron chi connectivity index (χ4n) is 3.33. The Hall–Kier alpha value is -3.13. The summed E-state index contributed by atoms with van der Waals surface area (Å²) in [5.74, 6) is -1.37. The minimum atomic E-state index is -0.846. The van der Waals surface area contributed by atoms with Crippen LogP contribution in [0.4, 0.5) is 0 Å². The van der Waals surface area contributed by atoms with Gasteiger partial charge in [-0.1, -0.05) is 48.9 Å². The Morgan fingerprint density at radius 3 is 2.46 bits per heavy atom. The molecule has 0 aliphatic rings. The lowest BCUT2D eigenvalue weighted by Crippen LogP contribution is -2.25. The number of H-pyrrole nitrogens is 1. The van der Waals surface area contributed by atoms with E-state index in [0.29, 0.717) is 25.2 Å². The zero-order valence-corrected chi connectivity index (χ0v) is 15.7. The third-order valence-electron chi connectivity index (χ3n) is 4.86. The molecule has 0 saturated heterocycles. The van der Waals surface area contributed by atoms with E-state index in [0.717, 1.165) is 28.8 Å². The average Bonchev–Trinajstić information content (AvgIpc) is 3.25. The molecule has 2 aromatic heterocycles. The van der Waals surface area contributed by atoms with Gasteiger partial charge in [-0.15, -0.1) is 10.2 Å². The standard InChI is InChI=1S/C20H24N6O2/c1-2-3-16(20(27)28)17(19-23-25-26-24-19)10-14-6-9-18(22-12-14)15-7-4-13(11-21)5-8-15/h4-9,12,16-17H,2-3,10-11,21H2,1H3,(H,27,28)(H,23,24,25,26)/t16-,17-/m0/s1. The van der Waals surface area contributed by atoms with Crippen LogP contribution in [0, 0.1) is 5.92 Å².